The van der Waals surface area contributed by atoms with Gasteiger partial charge < -0.3 is 25.0 Å². The minimum atomic E-state index is 0.0460. The molecule has 3 rings (SSSR count). The van der Waals surface area contributed by atoms with Crippen molar-refractivity contribution in [3.63, 3.8) is 0 Å². The van der Waals surface area contributed by atoms with Crippen LogP contribution in [0.25, 0.3) is 21.5 Å². The maximum atomic E-state index is 12.3. The molecule has 1 aromatic carbocycles. The van der Waals surface area contributed by atoms with Gasteiger partial charge in [-0.25, -0.2) is 9.97 Å². The van der Waals surface area contributed by atoms with Gasteiger partial charge in [0.05, 0.1) is 32.5 Å². The van der Waals surface area contributed by atoms with E-state index in [9.17, 15) is 4.79 Å². The van der Waals surface area contributed by atoms with Crippen LogP contribution in [0.2, 0.25) is 0 Å². The van der Waals surface area contributed by atoms with Gasteiger partial charge in [0.25, 0.3) is 0 Å². The summed E-state index contributed by atoms with van der Waals surface area (Å²) in [4.78, 5) is 26.2. The quantitative estimate of drug-likeness (QED) is 0.0224. The van der Waals surface area contributed by atoms with Gasteiger partial charge in [-0.1, -0.05) is 76.7 Å². The standard InChI is InChI=1S/C42H66N10O3/c1-6-8-10-11-12-13-14-15-16-17-18-19-20-21-22-25-39(53)44-27-23-24-28-51(3)31-34-29-37(54-4)35(38(30-34)55-5)32-52-33-36-40(49-52)41(45-26-9-7-2)47-42(46-36)48-50-43/h12-13,15-16,29-30,33H,6-11,14,17-28,31-32H2,1-5H3,(H,44,53)(H,45,46,47). The van der Waals surface area contributed by atoms with Crippen LogP contribution in [0.4, 0.5) is 11.8 Å². The minimum absolute atomic E-state index is 0.0460. The number of nitrogens with one attached hydrogen (secondary N) is 2. The van der Waals surface area contributed by atoms with Gasteiger partial charge in [-0.2, -0.15) is 5.10 Å². The lowest BCUT2D eigenvalue weighted by atomic mass is 10.1. The summed E-state index contributed by atoms with van der Waals surface area (Å²) >= 11 is 0. The fourth-order valence-corrected chi connectivity index (χ4v) is 6.38. The van der Waals surface area contributed by atoms with Gasteiger partial charge in [0.1, 0.15) is 17.0 Å². The molecule has 0 spiro atoms. The van der Waals surface area contributed by atoms with Crippen molar-refractivity contribution >= 4 is 28.7 Å². The molecule has 0 aliphatic carbocycles. The molecule has 0 saturated heterocycles. The number of unbranched alkanes of at least 4 members (excludes halogenated alkanes) is 10. The Balaban J connectivity index is 1.37. The fourth-order valence-electron chi connectivity index (χ4n) is 6.38. The summed E-state index contributed by atoms with van der Waals surface area (Å²) in [6.45, 7) is 7.80. The number of methoxy groups -OCH3 is 2. The number of fused-ring (bicyclic) bond motifs is 1. The van der Waals surface area contributed by atoms with Crippen molar-refractivity contribution in [1.29, 1.82) is 0 Å². The Bertz CT molecular complexity index is 1640. The number of aromatic nitrogens is 4. The molecule has 0 fully saturated rings. The Morgan fingerprint density at radius 2 is 1.58 bits per heavy atom. The predicted octanol–water partition coefficient (Wildman–Crippen LogP) is 10.2. The van der Waals surface area contributed by atoms with Gasteiger partial charge in [-0.15, -0.1) is 0 Å². The largest absolute Gasteiger partial charge is 0.496 e. The SMILES string of the molecule is CCCCCC=CCC=CCCCCCCCC(=O)NCCCCN(C)Cc1cc(OC)c(Cn2cc3nc(N=[N+]=[N-])nc(NCCCC)c3n2)c(OC)c1. The van der Waals surface area contributed by atoms with Crippen LogP contribution in [0, 0.1) is 0 Å². The number of rotatable bonds is 30. The lowest BCUT2D eigenvalue weighted by Crippen LogP contribution is -2.25. The van der Waals surface area contributed by atoms with Gasteiger partial charge >= 0.3 is 0 Å². The summed E-state index contributed by atoms with van der Waals surface area (Å²) in [6.07, 6.45) is 28.6. The molecule has 0 bridgehead atoms. The van der Waals surface area contributed by atoms with E-state index >= 15 is 0 Å². The smallest absolute Gasteiger partial charge is 0.219 e. The molecule has 13 heteroatoms. The topological polar surface area (TPSA) is 155 Å². The Hall–Kier alpha value is -4.61. The number of amides is 1. The van der Waals surface area contributed by atoms with E-state index in [0.717, 1.165) is 82.1 Å². The van der Waals surface area contributed by atoms with Gasteiger partial charge in [0.15, 0.2) is 11.3 Å². The first-order valence-corrected chi connectivity index (χ1v) is 20.4. The van der Waals surface area contributed by atoms with E-state index in [1.807, 2.05) is 12.1 Å². The van der Waals surface area contributed by atoms with E-state index in [-0.39, 0.29) is 11.9 Å². The summed E-state index contributed by atoms with van der Waals surface area (Å²) in [6, 6.07) is 4.09. The highest BCUT2D eigenvalue weighted by Gasteiger charge is 2.17. The number of benzene rings is 1. The van der Waals surface area contributed by atoms with Crippen molar-refractivity contribution in [2.24, 2.45) is 5.11 Å². The van der Waals surface area contributed by atoms with Crippen LogP contribution in [0.15, 0.2) is 47.7 Å². The van der Waals surface area contributed by atoms with E-state index in [1.54, 1.807) is 25.1 Å². The molecule has 0 radical (unpaired) electrons. The highest BCUT2D eigenvalue weighted by molar-refractivity contribution is 5.85. The second-order valence-electron chi connectivity index (χ2n) is 14.2. The van der Waals surface area contributed by atoms with Crippen LogP contribution >= 0.6 is 0 Å². The number of anilines is 1. The summed E-state index contributed by atoms with van der Waals surface area (Å²) < 4.78 is 13.4. The number of nitrogens with zero attached hydrogens (tertiary/aromatic N) is 8. The molecule has 0 unspecified atom stereocenters. The Morgan fingerprint density at radius 3 is 2.27 bits per heavy atom. The summed E-state index contributed by atoms with van der Waals surface area (Å²) in [5.74, 6) is 2.15. The van der Waals surface area contributed by atoms with Crippen LogP contribution in [-0.4, -0.2) is 71.5 Å². The monoisotopic (exact) mass is 759 g/mol. The van der Waals surface area contributed by atoms with Crippen molar-refractivity contribution in [2.45, 2.75) is 130 Å². The number of carbonyl (C=O) groups excluding carboxylic acids is 1. The molecule has 13 nitrogen and oxygen atoms in total. The second-order valence-corrected chi connectivity index (χ2v) is 14.2. The van der Waals surface area contributed by atoms with Gasteiger partial charge in [-0.3, -0.25) is 9.48 Å². The third-order valence-electron chi connectivity index (χ3n) is 9.44. The molecule has 55 heavy (non-hydrogen) atoms. The average molecular weight is 759 g/mol. The molecule has 2 aromatic heterocycles. The maximum Gasteiger partial charge on any atom is 0.219 e. The fraction of sp³-hybridized carbons (Fsp3) is 0.619. The first-order valence-electron chi connectivity index (χ1n) is 20.4. The molecule has 2 N–H and O–H groups in total. The van der Waals surface area contributed by atoms with Crippen LogP contribution in [0.5, 0.6) is 11.5 Å². The van der Waals surface area contributed by atoms with Gasteiger partial charge in [0.2, 0.25) is 11.9 Å². The van der Waals surface area contributed by atoms with E-state index < -0.39 is 0 Å². The van der Waals surface area contributed by atoms with Crippen molar-refractivity contribution in [1.82, 2.24) is 30.0 Å². The Kier molecular flexibility index (Phi) is 22.0. The van der Waals surface area contributed by atoms with Gasteiger partial charge in [0, 0.05) is 31.0 Å². The molecule has 0 atom stereocenters. The molecular formula is C42H66N10O3. The van der Waals surface area contributed by atoms with Crippen LogP contribution in [0.3, 0.4) is 0 Å². The van der Waals surface area contributed by atoms with E-state index in [1.165, 1.54) is 44.9 Å². The molecular weight excluding hydrogens is 693 g/mol. The Morgan fingerprint density at radius 1 is 0.891 bits per heavy atom. The highest BCUT2D eigenvalue weighted by atomic mass is 16.5. The van der Waals surface area contributed by atoms with Crippen molar-refractivity contribution in [2.75, 3.05) is 46.2 Å². The number of hydrogen-bond donors (Lipinski definition) is 2. The predicted molar refractivity (Wildman–Crippen MR) is 224 cm³/mol. The first kappa shape index (κ1) is 44.8. The summed E-state index contributed by atoms with van der Waals surface area (Å²) in [7, 11) is 5.41. The van der Waals surface area contributed by atoms with Crippen molar-refractivity contribution < 1.29 is 14.3 Å². The first-order chi connectivity index (χ1) is 26.9. The van der Waals surface area contributed by atoms with Crippen LogP contribution in [-0.2, 0) is 17.9 Å². The molecule has 2 heterocycles. The van der Waals surface area contributed by atoms with E-state index in [0.29, 0.717) is 47.9 Å². The Labute approximate surface area is 329 Å². The number of azide groups is 1. The molecule has 0 aliphatic heterocycles. The maximum absolute atomic E-state index is 12.3. The van der Waals surface area contributed by atoms with Crippen molar-refractivity contribution in [3.8, 4) is 11.5 Å². The molecule has 1 amide bonds. The van der Waals surface area contributed by atoms with Crippen LogP contribution in [0.1, 0.15) is 128 Å². The lowest BCUT2D eigenvalue weighted by molar-refractivity contribution is -0.121. The van der Waals surface area contributed by atoms with Crippen LogP contribution < -0.4 is 20.1 Å². The third-order valence-corrected chi connectivity index (χ3v) is 9.44. The molecule has 0 aliphatic rings. The second kappa shape index (κ2) is 27.0. The zero-order chi connectivity index (χ0) is 39.5. The normalized spacial score (nSPS) is 11.5. The zero-order valence-corrected chi connectivity index (χ0v) is 34.2. The summed E-state index contributed by atoms with van der Waals surface area (Å²) in [5, 5.41) is 14.8. The number of hydrogen-bond acceptors (Lipinski definition) is 9. The number of ether oxygens (including phenoxy) is 2. The number of carbonyl (C=O) groups is 1. The molecule has 302 valence electrons. The van der Waals surface area contributed by atoms with E-state index in [2.05, 4.69) is 80.7 Å². The molecule has 3 aromatic rings. The van der Waals surface area contributed by atoms with E-state index in [4.69, 9.17) is 20.1 Å². The lowest BCUT2D eigenvalue weighted by Gasteiger charge is -2.20. The molecule has 0 saturated carbocycles. The van der Waals surface area contributed by atoms with Gasteiger partial charge in [-0.05, 0) is 99.7 Å². The number of allylic oxidation sites excluding steroid dienone is 4. The zero-order valence-electron chi connectivity index (χ0n) is 34.2. The third kappa shape index (κ3) is 17.2. The van der Waals surface area contributed by atoms with Crippen molar-refractivity contribution in [3.05, 3.63) is 64.2 Å². The summed E-state index contributed by atoms with van der Waals surface area (Å²) in [5.41, 5.74) is 12.0. The minimum Gasteiger partial charge on any atom is -0.496 e. The highest BCUT2D eigenvalue weighted by Crippen LogP contribution is 2.33. The average Bonchev–Trinajstić information content (AvgIpc) is 3.59.